The summed E-state index contributed by atoms with van der Waals surface area (Å²) < 4.78 is 19.2. The van der Waals surface area contributed by atoms with Crippen LogP contribution in [-0.4, -0.2) is 79.4 Å². The predicted molar refractivity (Wildman–Crippen MR) is 109 cm³/mol. The summed E-state index contributed by atoms with van der Waals surface area (Å²) in [4.78, 5) is 32.5. The van der Waals surface area contributed by atoms with Gasteiger partial charge in [0.15, 0.2) is 5.78 Å². The molecule has 0 bridgehead atoms. The highest BCUT2D eigenvalue weighted by molar-refractivity contribution is 6.10. The molecule has 0 N–H and O–H groups in total. The van der Waals surface area contributed by atoms with E-state index in [1.807, 2.05) is 6.07 Å². The van der Waals surface area contributed by atoms with Gasteiger partial charge in [0, 0.05) is 51.6 Å². The third kappa shape index (κ3) is 4.74. The molecule has 2 heterocycles. The van der Waals surface area contributed by atoms with Crippen molar-refractivity contribution in [1.29, 1.82) is 0 Å². The van der Waals surface area contributed by atoms with Crippen LogP contribution in [0.3, 0.4) is 0 Å². The zero-order valence-corrected chi connectivity index (χ0v) is 17.4. The van der Waals surface area contributed by atoms with Gasteiger partial charge in [-0.25, -0.2) is 4.39 Å². The van der Waals surface area contributed by atoms with Gasteiger partial charge in [-0.05, 0) is 31.2 Å². The molecule has 2 unspecified atom stereocenters. The smallest absolute Gasteiger partial charge is 0.239 e. The first-order chi connectivity index (χ1) is 14.0. The summed E-state index contributed by atoms with van der Waals surface area (Å²) in [6.45, 7) is 8.80. The van der Waals surface area contributed by atoms with E-state index >= 15 is 0 Å². The second-order valence-electron chi connectivity index (χ2n) is 7.62. The maximum atomic E-state index is 14.0. The number of likely N-dealkylation sites (N-methyl/N-ethyl adjacent to an activating group) is 1. The molecule has 0 aliphatic carbocycles. The molecule has 2 aliphatic heterocycles. The van der Waals surface area contributed by atoms with Crippen molar-refractivity contribution in [3.05, 3.63) is 47.4 Å². The van der Waals surface area contributed by atoms with Crippen LogP contribution in [0.15, 0.2) is 36.0 Å². The highest BCUT2D eigenvalue weighted by Gasteiger charge is 2.44. The number of piperazine rings is 1. The summed E-state index contributed by atoms with van der Waals surface area (Å²) >= 11 is 0. The zero-order chi connectivity index (χ0) is 21.0. The van der Waals surface area contributed by atoms with E-state index < -0.39 is 12.0 Å². The molecule has 1 fully saturated rings. The number of halogens is 1. The minimum atomic E-state index is -0.884. The lowest BCUT2D eigenvalue weighted by molar-refractivity contribution is -0.144. The van der Waals surface area contributed by atoms with Crippen LogP contribution < -0.4 is 0 Å². The van der Waals surface area contributed by atoms with Crippen molar-refractivity contribution < 1.29 is 18.7 Å². The van der Waals surface area contributed by atoms with Crippen molar-refractivity contribution in [1.82, 2.24) is 14.7 Å². The molecule has 1 aromatic rings. The maximum Gasteiger partial charge on any atom is 0.239 e. The van der Waals surface area contributed by atoms with Gasteiger partial charge in [-0.1, -0.05) is 19.1 Å². The van der Waals surface area contributed by atoms with Crippen LogP contribution in [0.25, 0.3) is 0 Å². The number of ketones is 1. The minimum absolute atomic E-state index is 0.214. The Morgan fingerprint density at radius 2 is 1.93 bits per heavy atom. The molecule has 2 aliphatic rings. The summed E-state index contributed by atoms with van der Waals surface area (Å²) in [5.41, 5.74) is 1.29. The van der Waals surface area contributed by atoms with E-state index in [-0.39, 0.29) is 17.5 Å². The first-order valence-electron chi connectivity index (χ1n) is 10.2. The Hall–Kier alpha value is -2.09. The number of rotatable bonds is 7. The van der Waals surface area contributed by atoms with Crippen molar-refractivity contribution in [3.8, 4) is 0 Å². The molecule has 3 rings (SSSR count). The van der Waals surface area contributed by atoms with Crippen LogP contribution in [0, 0.1) is 11.7 Å². The summed E-state index contributed by atoms with van der Waals surface area (Å²) in [7, 11) is 1.58. The molecule has 7 heteroatoms. The van der Waals surface area contributed by atoms with Gasteiger partial charge in [-0.15, -0.1) is 0 Å². The quantitative estimate of drug-likeness (QED) is 0.653. The minimum Gasteiger partial charge on any atom is -0.383 e. The molecule has 6 nitrogen and oxygen atoms in total. The normalized spacial score (nSPS) is 22.7. The van der Waals surface area contributed by atoms with Gasteiger partial charge in [0.05, 0.1) is 12.6 Å². The Kier molecular flexibility index (Phi) is 7.16. The predicted octanol–water partition coefficient (Wildman–Crippen LogP) is 2.08. The monoisotopic (exact) mass is 403 g/mol. The fraction of sp³-hybridized carbons (Fsp3) is 0.545. The lowest BCUT2D eigenvalue weighted by Gasteiger charge is -2.43. The molecular weight excluding hydrogens is 373 g/mol. The third-order valence-corrected chi connectivity index (χ3v) is 5.89. The van der Waals surface area contributed by atoms with Crippen molar-refractivity contribution in [2.24, 2.45) is 5.92 Å². The number of nitrogens with zero attached hydrogens (tertiary/aromatic N) is 3. The highest BCUT2D eigenvalue weighted by Crippen LogP contribution is 2.35. The molecule has 0 radical (unpaired) electrons. The van der Waals surface area contributed by atoms with Crippen LogP contribution in [-0.2, 0) is 14.3 Å². The number of hydrogen-bond donors (Lipinski definition) is 0. The van der Waals surface area contributed by atoms with Gasteiger partial charge >= 0.3 is 0 Å². The molecule has 1 aromatic carbocycles. The fourth-order valence-corrected chi connectivity index (χ4v) is 4.26. The fourth-order valence-electron chi connectivity index (χ4n) is 4.26. The first kappa shape index (κ1) is 21.6. The van der Waals surface area contributed by atoms with Crippen LogP contribution >= 0.6 is 0 Å². The molecule has 1 amide bonds. The summed E-state index contributed by atoms with van der Waals surface area (Å²) in [5.74, 6) is -1.70. The van der Waals surface area contributed by atoms with Gasteiger partial charge in [0.1, 0.15) is 11.7 Å². The second-order valence-corrected chi connectivity index (χ2v) is 7.62. The third-order valence-electron chi connectivity index (χ3n) is 5.89. The van der Waals surface area contributed by atoms with E-state index in [1.54, 1.807) is 25.0 Å². The number of amides is 1. The van der Waals surface area contributed by atoms with E-state index in [2.05, 4.69) is 16.7 Å². The highest BCUT2D eigenvalue weighted by atomic mass is 19.1. The first-order valence-corrected chi connectivity index (χ1v) is 10.2. The molecule has 158 valence electrons. The molecule has 0 aromatic heterocycles. The van der Waals surface area contributed by atoms with Crippen molar-refractivity contribution in [3.63, 3.8) is 0 Å². The number of hydrogen-bond acceptors (Lipinski definition) is 5. The Morgan fingerprint density at radius 3 is 2.55 bits per heavy atom. The number of allylic oxidation sites excluding steroid dienone is 2. The van der Waals surface area contributed by atoms with E-state index in [0.29, 0.717) is 24.4 Å². The number of benzene rings is 1. The van der Waals surface area contributed by atoms with Crippen molar-refractivity contribution >= 4 is 11.7 Å². The standard InChI is InChI=1S/C22H30FN3O3/c1-4-24-8-10-25(11-9-24)21(17-6-5-7-18(23)15-17)20-19(27)14-16(2)26(22(20)28)12-13-29-3/h5-7,14-15,20-21H,4,8-13H2,1-3H3. The van der Waals surface area contributed by atoms with Gasteiger partial charge in [0.2, 0.25) is 5.91 Å². The maximum absolute atomic E-state index is 14.0. The Morgan fingerprint density at radius 1 is 1.21 bits per heavy atom. The van der Waals surface area contributed by atoms with E-state index in [0.717, 1.165) is 32.7 Å². The Labute approximate surface area is 171 Å². The van der Waals surface area contributed by atoms with Crippen LogP contribution in [0.5, 0.6) is 0 Å². The molecule has 1 saturated heterocycles. The number of ether oxygens (including phenoxy) is 1. The summed E-state index contributed by atoms with van der Waals surface area (Å²) in [5, 5.41) is 0. The van der Waals surface area contributed by atoms with E-state index in [9.17, 15) is 14.0 Å². The van der Waals surface area contributed by atoms with E-state index in [4.69, 9.17) is 4.74 Å². The van der Waals surface area contributed by atoms with Gasteiger partial charge < -0.3 is 14.5 Å². The average molecular weight is 403 g/mol. The van der Waals surface area contributed by atoms with Gasteiger partial charge in [-0.3, -0.25) is 14.5 Å². The second kappa shape index (κ2) is 9.61. The zero-order valence-electron chi connectivity index (χ0n) is 17.4. The van der Waals surface area contributed by atoms with Gasteiger partial charge in [0.25, 0.3) is 0 Å². The molecule has 29 heavy (non-hydrogen) atoms. The molecule has 2 atom stereocenters. The SMILES string of the molecule is CCN1CCN(C(c2cccc(F)c2)C2C(=O)C=C(C)N(CCOC)C2=O)CC1. The summed E-state index contributed by atoms with van der Waals surface area (Å²) in [6, 6.07) is 5.79. The van der Waals surface area contributed by atoms with Crippen molar-refractivity contribution in [2.75, 3.05) is 53.0 Å². The molecule has 0 spiro atoms. The molecule has 0 saturated carbocycles. The molecular formula is C22H30FN3O3. The summed E-state index contributed by atoms with van der Waals surface area (Å²) in [6.07, 6.45) is 1.54. The number of carbonyl (C=O) groups is 2. The number of carbonyl (C=O) groups excluding carboxylic acids is 2. The van der Waals surface area contributed by atoms with Crippen molar-refractivity contribution in [2.45, 2.75) is 19.9 Å². The van der Waals surface area contributed by atoms with E-state index in [1.165, 1.54) is 18.2 Å². The largest absolute Gasteiger partial charge is 0.383 e. The lowest BCUT2D eigenvalue weighted by Crippen LogP contribution is -2.54. The van der Waals surface area contributed by atoms with Crippen LogP contribution in [0.4, 0.5) is 4.39 Å². The lowest BCUT2D eigenvalue weighted by atomic mass is 9.84. The van der Waals surface area contributed by atoms with Crippen LogP contribution in [0.1, 0.15) is 25.5 Å². The topological polar surface area (TPSA) is 53.1 Å². The van der Waals surface area contributed by atoms with Gasteiger partial charge in [-0.2, -0.15) is 0 Å². The number of methoxy groups -OCH3 is 1. The Balaban J connectivity index is 1.96. The Bertz CT molecular complexity index is 774. The average Bonchev–Trinajstić information content (AvgIpc) is 2.71. The van der Waals surface area contributed by atoms with Crippen LogP contribution in [0.2, 0.25) is 0 Å².